The van der Waals surface area contributed by atoms with Gasteiger partial charge in [-0.15, -0.1) is 0 Å². The Morgan fingerprint density at radius 1 is 1.00 bits per heavy atom. The second-order valence-corrected chi connectivity index (χ2v) is 9.06. The van der Waals surface area contributed by atoms with Gasteiger partial charge in [0, 0.05) is 12.1 Å². The molecular formula is C22H22N2O3S. The number of rotatable bonds is 4. The third-order valence-electron chi connectivity index (χ3n) is 5.15. The van der Waals surface area contributed by atoms with Crippen molar-refractivity contribution in [2.45, 2.75) is 19.4 Å². The van der Waals surface area contributed by atoms with Gasteiger partial charge in [-0.3, -0.25) is 9.10 Å². The highest BCUT2D eigenvalue weighted by atomic mass is 32.2. The van der Waals surface area contributed by atoms with E-state index in [1.165, 1.54) is 4.31 Å². The molecule has 1 N–H and O–H groups in total. The zero-order valence-corrected chi connectivity index (χ0v) is 16.4. The minimum Gasteiger partial charge on any atom is -0.345 e. The standard InChI is InChI=1S/C22H22N2O3S/c1-16(20-9-4-7-17-6-2-3-8-21(17)20)23-22(25)18-10-12-19(13-11-18)24-14-5-15-28(24,26)27/h2-4,6-13,16H,5,14-15H2,1H3,(H,23,25). The topological polar surface area (TPSA) is 66.5 Å². The van der Waals surface area contributed by atoms with Gasteiger partial charge in [0.15, 0.2) is 0 Å². The second kappa shape index (κ2) is 7.28. The highest BCUT2D eigenvalue weighted by molar-refractivity contribution is 7.93. The highest BCUT2D eigenvalue weighted by Gasteiger charge is 2.28. The van der Waals surface area contributed by atoms with Crippen molar-refractivity contribution >= 4 is 32.4 Å². The number of carbonyl (C=O) groups is 1. The van der Waals surface area contributed by atoms with Gasteiger partial charge < -0.3 is 5.32 Å². The van der Waals surface area contributed by atoms with Crippen molar-refractivity contribution in [3.8, 4) is 0 Å². The summed E-state index contributed by atoms with van der Waals surface area (Å²) in [6.07, 6.45) is 0.632. The van der Waals surface area contributed by atoms with Gasteiger partial charge in [0.25, 0.3) is 5.91 Å². The average molecular weight is 394 g/mol. The smallest absolute Gasteiger partial charge is 0.251 e. The van der Waals surface area contributed by atoms with Crippen LogP contribution in [0.3, 0.4) is 0 Å². The molecule has 28 heavy (non-hydrogen) atoms. The summed E-state index contributed by atoms with van der Waals surface area (Å²) in [7, 11) is -3.22. The molecule has 5 nitrogen and oxygen atoms in total. The average Bonchev–Trinajstić information content (AvgIpc) is 3.06. The van der Waals surface area contributed by atoms with E-state index in [2.05, 4.69) is 23.5 Å². The molecule has 1 saturated heterocycles. The molecule has 6 heteroatoms. The number of fused-ring (bicyclic) bond motifs is 1. The van der Waals surface area contributed by atoms with E-state index in [0.29, 0.717) is 24.2 Å². The van der Waals surface area contributed by atoms with Crippen molar-refractivity contribution in [2.75, 3.05) is 16.6 Å². The Hall–Kier alpha value is -2.86. The number of hydrogen-bond acceptors (Lipinski definition) is 3. The molecule has 1 unspecified atom stereocenters. The number of hydrogen-bond donors (Lipinski definition) is 1. The fourth-order valence-electron chi connectivity index (χ4n) is 3.69. The van der Waals surface area contributed by atoms with Crippen LogP contribution in [-0.4, -0.2) is 26.6 Å². The van der Waals surface area contributed by atoms with Gasteiger partial charge in [-0.25, -0.2) is 8.42 Å². The lowest BCUT2D eigenvalue weighted by Crippen LogP contribution is -2.27. The maximum atomic E-state index is 12.7. The first-order valence-electron chi connectivity index (χ1n) is 9.35. The van der Waals surface area contributed by atoms with Gasteiger partial charge >= 0.3 is 0 Å². The van der Waals surface area contributed by atoms with Crippen LogP contribution in [0.2, 0.25) is 0 Å². The Balaban J connectivity index is 1.52. The van der Waals surface area contributed by atoms with E-state index in [9.17, 15) is 13.2 Å². The number of nitrogens with one attached hydrogen (secondary N) is 1. The molecule has 0 saturated carbocycles. The van der Waals surface area contributed by atoms with E-state index in [1.807, 2.05) is 31.2 Å². The van der Waals surface area contributed by atoms with E-state index in [4.69, 9.17) is 0 Å². The molecule has 0 spiro atoms. The number of benzene rings is 3. The van der Waals surface area contributed by atoms with Crippen molar-refractivity contribution in [3.05, 3.63) is 77.9 Å². The third kappa shape index (κ3) is 3.47. The molecule has 1 heterocycles. The molecule has 144 valence electrons. The number of anilines is 1. The normalized spacial score (nSPS) is 16.8. The zero-order chi connectivity index (χ0) is 19.7. The Kier molecular flexibility index (Phi) is 4.81. The van der Waals surface area contributed by atoms with Gasteiger partial charge in [0.2, 0.25) is 10.0 Å². The fraction of sp³-hybridized carbons (Fsp3) is 0.227. The molecule has 3 aromatic carbocycles. The maximum Gasteiger partial charge on any atom is 0.251 e. The first-order valence-corrected chi connectivity index (χ1v) is 11.0. The SMILES string of the molecule is CC(NC(=O)c1ccc(N2CCCS2(=O)=O)cc1)c1cccc2ccccc12. The summed E-state index contributed by atoms with van der Waals surface area (Å²) in [4.78, 5) is 12.7. The number of nitrogens with zero attached hydrogens (tertiary/aromatic N) is 1. The Bertz CT molecular complexity index is 1120. The van der Waals surface area contributed by atoms with Crippen LogP contribution in [0, 0.1) is 0 Å². The van der Waals surface area contributed by atoms with E-state index >= 15 is 0 Å². The molecule has 0 aliphatic carbocycles. The van der Waals surface area contributed by atoms with Crippen LogP contribution < -0.4 is 9.62 Å². The van der Waals surface area contributed by atoms with Gasteiger partial charge in [-0.2, -0.15) is 0 Å². The highest BCUT2D eigenvalue weighted by Crippen LogP contribution is 2.26. The van der Waals surface area contributed by atoms with Crippen LogP contribution in [0.15, 0.2) is 66.7 Å². The summed E-state index contributed by atoms with van der Waals surface area (Å²) in [6, 6.07) is 20.7. The Morgan fingerprint density at radius 2 is 1.71 bits per heavy atom. The van der Waals surface area contributed by atoms with Crippen molar-refractivity contribution in [3.63, 3.8) is 0 Å². The molecular weight excluding hydrogens is 372 g/mol. The van der Waals surface area contributed by atoms with Crippen molar-refractivity contribution in [1.29, 1.82) is 0 Å². The van der Waals surface area contributed by atoms with E-state index in [1.54, 1.807) is 24.3 Å². The van der Waals surface area contributed by atoms with Crippen LogP contribution in [-0.2, 0) is 10.0 Å². The fourth-order valence-corrected chi connectivity index (χ4v) is 5.26. The second-order valence-electron chi connectivity index (χ2n) is 7.05. The number of sulfonamides is 1. The van der Waals surface area contributed by atoms with E-state index in [0.717, 1.165) is 16.3 Å². The first kappa shape index (κ1) is 18.5. The zero-order valence-electron chi connectivity index (χ0n) is 15.6. The van der Waals surface area contributed by atoms with E-state index in [-0.39, 0.29) is 17.7 Å². The molecule has 4 rings (SSSR count). The van der Waals surface area contributed by atoms with Crippen LogP contribution in [0.1, 0.15) is 35.3 Å². The molecule has 0 aromatic heterocycles. The minimum absolute atomic E-state index is 0.155. The summed E-state index contributed by atoms with van der Waals surface area (Å²) in [5, 5.41) is 5.29. The van der Waals surface area contributed by atoms with Gasteiger partial charge in [0.1, 0.15) is 0 Å². The van der Waals surface area contributed by atoms with E-state index < -0.39 is 10.0 Å². The number of amides is 1. The largest absolute Gasteiger partial charge is 0.345 e. The Morgan fingerprint density at radius 3 is 2.43 bits per heavy atom. The molecule has 0 radical (unpaired) electrons. The summed E-state index contributed by atoms with van der Waals surface area (Å²) in [5.41, 5.74) is 2.18. The third-order valence-corrected chi connectivity index (χ3v) is 7.02. The quantitative estimate of drug-likeness (QED) is 0.730. The predicted molar refractivity (Wildman–Crippen MR) is 112 cm³/mol. The summed E-state index contributed by atoms with van der Waals surface area (Å²) < 4.78 is 25.5. The molecule has 3 aromatic rings. The predicted octanol–water partition coefficient (Wildman–Crippen LogP) is 3.87. The van der Waals surface area contributed by atoms with Gasteiger partial charge in [-0.1, -0.05) is 42.5 Å². The molecule has 1 atom stereocenters. The van der Waals surface area contributed by atoms with Crippen LogP contribution in [0.4, 0.5) is 5.69 Å². The van der Waals surface area contributed by atoms with Crippen LogP contribution in [0.5, 0.6) is 0 Å². The first-order chi connectivity index (χ1) is 13.5. The lowest BCUT2D eigenvalue weighted by atomic mass is 9.99. The maximum absolute atomic E-state index is 12.7. The molecule has 0 bridgehead atoms. The van der Waals surface area contributed by atoms with Crippen molar-refractivity contribution in [1.82, 2.24) is 5.32 Å². The summed E-state index contributed by atoms with van der Waals surface area (Å²) in [5.74, 6) is -0.00566. The van der Waals surface area contributed by atoms with Crippen LogP contribution in [0.25, 0.3) is 10.8 Å². The monoisotopic (exact) mass is 394 g/mol. The molecule has 1 aliphatic heterocycles. The lowest BCUT2D eigenvalue weighted by molar-refractivity contribution is 0.0940. The molecule has 1 fully saturated rings. The summed E-state index contributed by atoms with van der Waals surface area (Å²) in [6.45, 7) is 2.46. The van der Waals surface area contributed by atoms with Crippen molar-refractivity contribution in [2.24, 2.45) is 0 Å². The number of carbonyl (C=O) groups excluding carboxylic acids is 1. The molecule has 1 aliphatic rings. The Labute approximate surface area is 165 Å². The lowest BCUT2D eigenvalue weighted by Gasteiger charge is -2.18. The summed E-state index contributed by atoms with van der Waals surface area (Å²) >= 11 is 0. The molecule has 1 amide bonds. The van der Waals surface area contributed by atoms with Gasteiger partial charge in [-0.05, 0) is 53.9 Å². The van der Waals surface area contributed by atoms with Crippen molar-refractivity contribution < 1.29 is 13.2 Å². The minimum atomic E-state index is -3.22. The van der Waals surface area contributed by atoms with Gasteiger partial charge in [0.05, 0.1) is 17.5 Å². The van der Waals surface area contributed by atoms with Crippen LogP contribution >= 0.6 is 0 Å².